The van der Waals surface area contributed by atoms with E-state index in [0.717, 1.165) is 66.1 Å². The zero-order chi connectivity index (χ0) is 34.2. The maximum atomic E-state index is 6.80. The zero-order valence-corrected chi connectivity index (χ0v) is 27.9. The lowest BCUT2D eigenvalue weighted by Crippen LogP contribution is -2.01. The Morgan fingerprint density at radius 3 is 1.71 bits per heavy atom. The van der Waals surface area contributed by atoms with E-state index in [1.54, 1.807) is 0 Å². The van der Waals surface area contributed by atoms with E-state index in [-0.39, 0.29) is 0 Å². The van der Waals surface area contributed by atoms with Gasteiger partial charge in [-0.25, -0.2) is 15.0 Å². The molecule has 0 unspecified atom stereocenters. The van der Waals surface area contributed by atoms with Gasteiger partial charge in [0, 0.05) is 50.0 Å². The van der Waals surface area contributed by atoms with Crippen LogP contribution in [0.2, 0.25) is 0 Å². The fourth-order valence-corrected chi connectivity index (χ4v) is 7.82. The standard InChI is InChI=1S/C47H28N4O/c1-3-13-29(14-4-1)45-48-46(30-15-5-2-6-16-30)50-47(49-45)44-35-20-10-9-19-33(35)27-42-43(44)37-24-23-34(28-41(37)52-42)51-39-22-12-11-21-36(39)38-25-31-17-7-8-18-32(31)26-40(38)51/h1-28H. The highest BCUT2D eigenvalue weighted by atomic mass is 16.3. The van der Waals surface area contributed by atoms with Crippen molar-refractivity contribution in [2.24, 2.45) is 0 Å². The van der Waals surface area contributed by atoms with Crippen molar-refractivity contribution in [3.63, 3.8) is 0 Å². The van der Waals surface area contributed by atoms with Gasteiger partial charge < -0.3 is 8.98 Å². The fraction of sp³-hybridized carbons (Fsp3) is 0. The van der Waals surface area contributed by atoms with Crippen molar-refractivity contribution in [3.8, 4) is 39.9 Å². The molecule has 8 aromatic carbocycles. The number of hydrogen-bond donors (Lipinski definition) is 0. The normalized spacial score (nSPS) is 11.8. The molecule has 11 rings (SSSR count). The topological polar surface area (TPSA) is 56.7 Å². The molecule has 242 valence electrons. The van der Waals surface area contributed by atoms with Gasteiger partial charge in [-0.15, -0.1) is 0 Å². The lowest BCUT2D eigenvalue weighted by atomic mass is 9.97. The molecular weight excluding hydrogens is 637 g/mol. The van der Waals surface area contributed by atoms with Gasteiger partial charge in [-0.05, 0) is 57.9 Å². The minimum atomic E-state index is 0.607. The molecule has 0 N–H and O–H groups in total. The Morgan fingerprint density at radius 1 is 0.385 bits per heavy atom. The first-order valence-corrected chi connectivity index (χ1v) is 17.4. The summed E-state index contributed by atoms with van der Waals surface area (Å²) in [6.07, 6.45) is 0. The third kappa shape index (κ3) is 4.39. The largest absolute Gasteiger partial charge is 0.456 e. The number of nitrogens with zero attached hydrogens (tertiary/aromatic N) is 4. The average molecular weight is 665 g/mol. The summed E-state index contributed by atoms with van der Waals surface area (Å²) in [6.45, 7) is 0. The van der Waals surface area contributed by atoms with E-state index in [9.17, 15) is 0 Å². The Kier molecular flexibility index (Phi) is 6.18. The van der Waals surface area contributed by atoms with Crippen LogP contribution in [0.3, 0.4) is 0 Å². The molecule has 0 atom stereocenters. The molecule has 0 aliphatic rings. The second-order valence-electron chi connectivity index (χ2n) is 13.2. The highest BCUT2D eigenvalue weighted by Gasteiger charge is 2.22. The molecule has 0 spiro atoms. The molecule has 0 saturated heterocycles. The second kappa shape index (κ2) is 11.2. The van der Waals surface area contributed by atoms with Crippen LogP contribution in [0.15, 0.2) is 174 Å². The number of benzene rings is 8. The number of rotatable bonds is 4. The maximum Gasteiger partial charge on any atom is 0.165 e. The van der Waals surface area contributed by atoms with E-state index in [0.29, 0.717) is 17.5 Å². The predicted molar refractivity (Wildman–Crippen MR) is 213 cm³/mol. The lowest BCUT2D eigenvalue weighted by molar-refractivity contribution is 0.669. The fourth-order valence-electron chi connectivity index (χ4n) is 7.82. The third-order valence-corrected chi connectivity index (χ3v) is 10.2. The van der Waals surface area contributed by atoms with Gasteiger partial charge in [0.05, 0.1) is 11.0 Å². The summed E-state index contributed by atoms with van der Waals surface area (Å²) in [5.41, 5.74) is 7.74. The average Bonchev–Trinajstić information content (AvgIpc) is 3.73. The number of aromatic nitrogens is 4. The second-order valence-corrected chi connectivity index (χ2v) is 13.2. The van der Waals surface area contributed by atoms with Crippen LogP contribution in [0.4, 0.5) is 0 Å². The van der Waals surface area contributed by atoms with Crippen molar-refractivity contribution in [1.82, 2.24) is 19.5 Å². The molecule has 0 bridgehead atoms. The van der Waals surface area contributed by atoms with Gasteiger partial charge in [-0.3, -0.25) is 0 Å². The molecule has 0 aliphatic carbocycles. The third-order valence-electron chi connectivity index (χ3n) is 10.2. The first-order valence-electron chi connectivity index (χ1n) is 17.4. The van der Waals surface area contributed by atoms with Gasteiger partial charge in [0.2, 0.25) is 0 Å². The Balaban J connectivity index is 1.19. The van der Waals surface area contributed by atoms with Crippen molar-refractivity contribution >= 4 is 65.3 Å². The van der Waals surface area contributed by atoms with E-state index < -0.39 is 0 Å². The molecule has 52 heavy (non-hydrogen) atoms. The summed E-state index contributed by atoms with van der Waals surface area (Å²) in [7, 11) is 0. The Labute approximate surface area is 298 Å². The first kappa shape index (κ1) is 28.7. The number of hydrogen-bond acceptors (Lipinski definition) is 4. The minimum Gasteiger partial charge on any atom is -0.456 e. The molecule has 3 aromatic heterocycles. The monoisotopic (exact) mass is 664 g/mol. The summed E-state index contributed by atoms with van der Waals surface area (Å²) < 4.78 is 9.15. The van der Waals surface area contributed by atoms with Gasteiger partial charge in [0.15, 0.2) is 17.5 Å². The molecular formula is C47H28N4O. The van der Waals surface area contributed by atoms with Crippen LogP contribution >= 0.6 is 0 Å². The molecule has 0 amide bonds. The quantitative estimate of drug-likeness (QED) is 0.188. The van der Waals surface area contributed by atoms with Crippen molar-refractivity contribution in [1.29, 1.82) is 0 Å². The Hall–Kier alpha value is -7.11. The van der Waals surface area contributed by atoms with Crippen LogP contribution < -0.4 is 0 Å². The summed E-state index contributed by atoms with van der Waals surface area (Å²) in [6, 6.07) is 59.1. The van der Waals surface area contributed by atoms with Crippen LogP contribution in [0.1, 0.15) is 0 Å². The van der Waals surface area contributed by atoms with Crippen molar-refractivity contribution in [3.05, 3.63) is 170 Å². The Morgan fingerprint density at radius 2 is 0.981 bits per heavy atom. The van der Waals surface area contributed by atoms with Gasteiger partial charge in [0.25, 0.3) is 0 Å². The van der Waals surface area contributed by atoms with Gasteiger partial charge >= 0.3 is 0 Å². The molecule has 5 nitrogen and oxygen atoms in total. The molecule has 5 heteroatoms. The summed E-state index contributed by atoms with van der Waals surface area (Å²) in [5, 5.41) is 9.00. The van der Waals surface area contributed by atoms with E-state index >= 15 is 0 Å². The molecule has 0 saturated carbocycles. The predicted octanol–water partition coefficient (Wildman–Crippen LogP) is 12.2. The highest BCUT2D eigenvalue weighted by Crippen LogP contribution is 2.43. The first-order chi connectivity index (χ1) is 25.8. The van der Waals surface area contributed by atoms with E-state index in [1.807, 2.05) is 60.7 Å². The van der Waals surface area contributed by atoms with Crippen LogP contribution in [-0.4, -0.2) is 19.5 Å². The van der Waals surface area contributed by atoms with E-state index in [2.05, 4.69) is 114 Å². The molecule has 0 fully saturated rings. The van der Waals surface area contributed by atoms with Gasteiger partial charge in [-0.2, -0.15) is 0 Å². The summed E-state index contributed by atoms with van der Waals surface area (Å²) in [4.78, 5) is 15.3. The van der Waals surface area contributed by atoms with Crippen molar-refractivity contribution in [2.75, 3.05) is 0 Å². The highest BCUT2D eigenvalue weighted by molar-refractivity contribution is 6.20. The molecule has 3 heterocycles. The number of furan rings is 1. The van der Waals surface area contributed by atoms with Crippen LogP contribution in [0.25, 0.3) is 105 Å². The Bertz CT molecular complexity index is 3120. The molecule has 0 radical (unpaired) electrons. The van der Waals surface area contributed by atoms with Gasteiger partial charge in [-0.1, -0.05) is 127 Å². The van der Waals surface area contributed by atoms with E-state index in [4.69, 9.17) is 19.4 Å². The SMILES string of the molecule is c1ccc(-c2nc(-c3ccccc3)nc(-c3c4ccccc4cc4oc5cc(-n6c7ccccc7c7cc8ccccc8cc76)ccc5c34)n2)cc1. The lowest BCUT2D eigenvalue weighted by Gasteiger charge is -2.12. The van der Waals surface area contributed by atoms with Gasteiger partial charge in [0.1, 0.15) is 11.2 Å². The molecule has 0 aliphatic heterocycles. The van der Waals surface area contributed by atoms with E-state index in [1.165, 1.54) is 21.5 Å². The minimum absolute atomic E-state index is 0.607. The van der Waals surface area contributed by atoms with Crippen molar-refractivity contribution < 1.29 is 4.42 Å². The number of para-hydroxylation sites is 1. The summed E-state index contributed by atoms with van der Waals surface area (Å²) >= 11 is 0. The molecule has 11 aromatic rings. The van der Waals surface area contributed by atoms with Crippen LogP contribution in [-0.2, 0) is 0 Å². The maximum absolute atomic E-state index is 6.80. The van der Waals surface area contributed by atoms with Crippen molar-refractivity contribution in [2.45, 2.75) is 0 Å². The van der Waals surface area contributed by atoms with Crippen LogP contribution in [0, 0.1) is 0 Å². The number of fused-ring (bicyclic) bond motifs is 8. The zero-order valence-electron chi connectivity index (χ0n) is 27.9. The summed E-state index contributed by atoms with van der Waals surface area (Å²) in [5.74, 6) is 1.86. The smallest absolute Gasteiger partial charge is 0.165 e. The van der Waals surface area contributed by atoms with Crippen LogP contribution in [0.5, 0.6) is 0 Å².